The first kappa shape index (κ1) is 20.0. The van der Waals surface area contributed by atoms with Gasteiger partial charge in [-0.3, -0.25) is 4.79 Å². The third kappa shape index (κ3) is 4.03. The number of nitrogens with zero attached hydrogens (tertiary/aromatic N) is 2. The normalized spacial score (nSPS) is 17.5. The van der Waals surface area contributed by atoms with E-state index in [0.29, 0.717) is 23.6 Å². The maximum atomic E-state index is 12.5. The first-order valence-corrected chi connectivity index (χ1v) is 10.5. The van der Waals surface area contributed by atoms with Gasteiger partial charge in [0.25, 0.3) is 0 Å². The Kier molecular flexibility index (Phi) is 5.48. The molecule has 156 valence electrons. The van der Waals surface area contributed by atoms with Crippen LogP contribution in [0, 0.1) is 12.8 Å². The Hall–Kier alpha value is -3.28. The summed E-state index contributed by atoms with van der Waals surface area (Å²) in [6, 6.07) is 11.6. The Bertz CT molecular complexity index is 1030. The second-order valence-electron chi connectivity index (χ2n) is 8.27. The number of piperidine rings is 1. The molecule has 1 saturated heterocycles. The van der Waals surface area contributed by atoms with Crippen LogP contribution in [0.25, 0.3) is 5.70 Å². The van der Waals surface area contributed by atoms with Crippen molar-refractivity contribution < 1.29 is 4.79 Å². The molecule has 2 aliphatic heterocycles. The van der Waals surface area contributed by atoms with Crippen molar-refractivity contribution in [3.63, 3.8) is 0 Å². The van der Waals surface area contributed by atoms with Gasteiger partial charge in [-0.2, -0.15) is 0 Å². The number of rotatable bonds is 3. The van der Waals surface area contributed by atoms with Gasteiger partial charge in [0, 0.05) is 36.4 Å². The SMILES string of the molecule is Cc1c(N)cccc1C1=CCC(=O)C(Nc2ccc(N3CCC(C)CC3)c(N)c2)=N1. The topological polar surface area (TPSA) is 96.7 Å². The summed E-state index contributed by atoms with van der Waals surface area (Å²) >= 11 is 0. The predicted octanol–water partition coefficient (Wildman–Crippen LogP) is 4.22. The first-order valence-electron chi connectivity index (χ1n) is 10.5. The number of hydrogen-bond acceptors (Lipinski definition) is 6. The Labute approximate surface area is 177 Å². The molecule has 0 atom stereocenters. The summed E-state index contributed by atoms with van der Waals surface area (Å²) in [5, 5.41) is 3.17. The largest absolute Gasteiger partial charge is 0.398 e. The molecule has 4 rings (SSSR count). The number of carbonyl (C=O) groups is 1. The smallest absolute Gasteiger partial charge is 0.201 e. The maximum Gasteiger partial charge on any atom is 0.201 e. The lowest BCUT2D eigenvalue weighted by molar-refractivity contribution is -0.112. The second kappa shape index (κ2) is 8.22. The molecule has 2 aromatic rings. The molecule has 0 saturated carbocycles. The summed E-state index contributed by atoms with van der Waals surface area (Å²) < 4.78 is 0. The Morgan fingerprint density at radius 1 is 1.10 bits per heavy atom. The van der Waals surface area contributed by atoms with E-state index >= 15 is 0 Å². The molecule has 5 N–H and O–H groups in total. The average Bonchev–Trinajstić information content (AvgIpc) is 2.73. The van der Waals surface area contributed by atoms with Crippen LogP contribution in [-0.2, 0) is 4.79 Å². The number of hydrogen-bond donors (Lipinski definition) is 3. The summed E-state index contributed by atoms with van der Waals surface area (Å²) in [7, 11) is 0. The molecule has 0 unspecified atom stereocenters. The van der Waals surface area contributed by atoms with Crippen LogP contribution >= 0.6 is 0 Å². The first-order chi connectivity index (χ1) is 14.4. The van der Waals surface area contributed by atoms with Crippen LogP contribution in [-0.4, -0.2) is 24.7 Å². The van der Waals surface area contributed by atoms with E-state index in [1.807, 2.05) is 49.4 Å². The number of benzene rings is 2. The van der Waals surface area contributed by atoms with Gasteiger partial charge in [0.2, 0.25) is 5.78 Å². The Morgan fingerprint density at radius 3 is 2.60 bits per heavy atom. The standard InChI is InChI=1S/C24H29N5O/c1-15-10-12-29(13-11-15)22-8-6-17(14-20(22)26)27-24-23(30)9-7-21(28-24)18-4-3-5-19(25)16(18)2/h3-8,14-15H,9-13,25-26H2,1-2H3,(H,27,28). The van der Waals surface area contributed by atoms with Crippen LogP contribution in [0.2, 0.25) is 0 Å². The van der Waals surface area contributed by atoms with E-state index < -0.39 is 0 Å². The number of carbonyl (C=O) groups excluding carboxylic acids is 1. The van der Waals surface area contributed by atoms with Gasteiger partial charge in [-0.05, 0) is 55.5 Å². The van der Waals surface area contributed by atoms with Gasteiger partial charge in [0.1, 0.15) is 0 Å². The van der Waals surface area contributed by atoms with Gasteiger partial charge in [-0.15, -0.1) is 0 Å². The number of nitrogen functional groups attached to an aromatic ring is 2. The lowest BCUT2D eigenvalue weighted by Gasteiger charge is -2.33. The Balaban J connectivity index is 1.55. The molecule has 0 radical (unpaired) electrons. The maximum absolute atomic E-state index is 12.5. The molecule has 6 heteroatoms. The van der Waals surface area contributed by atoms with Crippen molar-refractivity contribution in [2.45, 2.75) is 33.1 Å². The summed E-state index contributed by atoms with van der Waals surface area (Å²) in [4.78, 5) is 19.4. The van der Waals surface area contributed by atoms with Crippen LogP contribution in [0.1, 0.15) is 37.3 Å². The summed E-state index contributed by atoms with van der Waals surface area (Å²) in [5.74, 6) is 1.05. The highest BCUT2D eigenvalue weighted by molar-refractivity contribution is 6.45. The average molecular weight is 404 g/mol. The van der Waals surface area contributed by atoms with Gasteiger partial charge >= 0.3 is 0 Å². The van der Waals surface area contributed by atoms with Crippen LogP contribution in [0.15, 0.2) is 47.5 Å². The van der Waals surface area contributed by atoms with E-state index in [9.17, 15) is 4.79 Å². The van der Waals surface area contributed by atoms with Gasteiger partial charge in [0.15, 0.2) is 5.84 Å². The summed E-state index contributed by atoms with van der Waals surface area (Å²) in [6.45, 7) is 6.31. The number of ketones is 1. The van der Waals surface area contributed by atoms with Crippen molar-refractivity contribution in [1.82, 2.24) is 0 Å². The predicted molar refractivity (Wildman–Crippen MR) is 126 cm³/mol. The van der Waals surface area contributed by atoms with E-state index in [2.05, 4.69) is 22.1 Å². The molecular formula is C24H29N5O. The zero-order chi connectivity index (χ0) is 21.3. The van der Waals surface area contributed by atoms with Crippen LogP contribution in [0.3, 0.4) is 0 Å². The van der Waals surface area contributed by atoms with Gasteiger partial charge < -0.3 is 21.7 Å². The van der Waals surface area contributed by atoms with Crippen LogP contribution in [0.4, 0.5) is 22.7 Å². The molecule has 2 aromatic carbocycles. The molecular weight excluding hydrogens is 374 g/mol. The minimum Gasteiger partial charge on any atom is -0.398 e. The van der Waals surface area contributed by atoms with E-state index in [4.69, 9.17) is 11.5 Å². The molecule has 2 heterocycles. The van der Waals surface area contributed by atoms with Crippen molar-refractivity contribution in [3.8, 4) is 0 Å². The van der Waals surface area contributed by atoms with Crippen molar-refractivity contribution in [1.29, 1.82) is 0 Å². The molecule has 0 aromatic heterocycles. The third-order valence-corrected chi connectivity index (χ3v) is 6.04. The molecule has 30 heavy (non-hydrogen) atoms. The molecule has 1 fully saturated rings. The Morgan fingerprint density at radius 2 is 1.87 bits per heavy atom. The van der Waals surface area contributed by atoms with Gasteiger partial charge in [-0.1, -0.05) is 25.1 Å². The zero-order valence-electron chi connectivity index (χ0n) is 17.6. The highest BCUT2D eigenvalue weighted by Gasteiger charge is 2.21. The number of amidine groups is 1. The van der Waals surface area contributed by atoms with Gasteiger partial charge in [0.05, 0.1) is 17.1 Å². The minimum absolute atomic E-state index is 0.0482. The fourth-order valence-corrected chi connectivity index (χ4v) is 4.02. The van der Waals surface area contributed by atoms with E-state index in [0.717, 1.165) is 47.2 Å². The zero-order valence-corrected chi connectivity index (χ0v) is 17.6. The van der Waals surface area contributed by atoms with E-state index in [-0.39, 0.29) is 5.78 Å². The molecule has 2 aliphatic rings. The quantitative estimate of drug-likeness (QED) is 0.667. The van der Waals surface area contributed by atoms with Gasteiger partial charge in [-0.25, -0.2) is 4.99 Å². The van der Waals surface area contributed by atoms with Crippen molar-refractivity contribution in [2.24, 2.45) is 10.9 Å². The number of anilines is 4. The number of nitrogens with one attached hydrogen (secondary N) is 1. The monoisotopic (exact) mass is 403 g/mol. The fraction of sp³-hybridized carbons (Fsp3) is 0.333. The molecule has 0 aliphatic carbocycles. The molecule has 0 spiro atoms. The molecule has 0 bridgehead atoms. The van der Waals surface area contributed by atoms with Crippen molar-refractivity contribution in [3.05, 3.63) is 53.6 Å². The number of aliphatic imine (C=N–C) groups is 1. The highest BCUT2D eigenvalue weighted by atomic mass is 16.1. The molecule has 0 amide bonds. The number of Topliss-reactive ketones (excluding diaryl/α,β-unsaturated/α-hetero) is 1. The fourth-order valence-electron chi connectivity index (χ4n) is 4.02. The second-order valence-corrected chi connectivity index (χ2v) is 8.27. The summed E-state index contributed by atoms with van der Waals surface area (Å²) in [5.41, 5.74) is 18.3. The van der Waals surface area contributed by atoms with Crippen LogP contribution < -0.4 is 21.7 Å². The number of allylic oxidation sites excluding steroid dienone is 1. The van der Waals surface area contributed by atoms with Crippen LogP contribution in [0.5, 0.6) is 0 Å². The lowest BCUT2D eigenvalue weighted by atomic mass is 9.98. The third-order valence-electron chi connectivity index (χ3n) is 6.04. The van der Waals surface area contributed by atoms with E-state index in [1.165, 1.54) is 12.8 Å². The summed E-state index contributed by atoms with van der Waals surface area (Å²) in [6.07, 6.45) is 4.52. The highest BCUT2D eigenvalue weighted by Crippen LogP contribution is 2.31. The minimum atomic E-state index is -0.0482. The molecule has 6 nitrogen and oxygen atoms in total. The van der Waals surface area contributed by atoms with E-state index in [1.54, 1.807) is 0 Å². The lowest BCUT2D eigenvalue weighted by Crippen LogP contribution is -2.33. The van der Waals surface area contributed by atoms with Crippen molar-refractivity contribution >= 4 is 40.1 Å². The number of nitrogens with two attached hydrogens (primary N) is 2. The van der Waals surface area contributed by atoms with Crippen molar-refractivity contribution in [2.75, 3.05) is 34.8 Å².